The van der Waals surface area contributed by atoms with Gasteiger partial charge in [-0.1, -0.05) is 152 Å². The van der Waals surface area contributed by atoms with Gasteiger partial charge in [-0.25, -0.2) is 0 Å². The van der Waals surface area contributed by atoms with Crippen LogP contribution >= 0.6 is 0 Å². The Labute approximate surface area is 315 Å². The Morgan fingerprint density at radius 1 is 0.426 bits per heavy atom. The number of anilines is 5. The Balaban J connectivity index is 1.11. The van der Waals surface area contributed by atoms with Gasteiger partial charge in [0.25, 0.3) is 0 Å². The number of rotatable bonds is 5. The molecule has 2 nitrogen and oxygen atoms in total. The molecule has 1 aliphatic carbocycles. The zero-order chi connectivity index (χ0) is 35.6. The maximum Gasteiger partial charge on any atom is 0.0629 e. The predicted molar refractivity (Wildman–Crippen MR) is 230 cm³/mol. The summed E-state index contributed by atoms with van der Waals surface area (Å²) in [5.74, 6) is 0.347. The van der Waals surface area contributed by atoms with Crippen LogP contribution < -0.4 is 9.80 Å². The SMILES string of the molecule is C1=CC2c3ccccc3N(c3ccc(N(c4cccc(-c5cc6ccccc6c6ccccc56)c4)c4cc5ccccc5c5ccccc45)cc3)C2C=C1. The van der Waals surface area contributed by atoms with Crippen LogP contribution in [0.3, 0.4) is 0 Å². The van der Waals surface area contributed by atoms with Crippen molar-refractivity contribution in [1.82, 2.24) is 0 Å². The molecule has 0 saturated heterocycles. The summed E-state index contributed by atoms with van der Waals surface area (Å²) in [6.45, 7) is 0. The quantitative estimate of drug-likeness (QED) is 0.166. The van der Waals surface area contributed by atoms with E-state index in [9.17, 15) is 0 Å². The van der Waals surface area contributed by atoms with Crippen molar-refractivity contribution in [3.8, 4) is 11.1 Å². The van der Waals surface area contributed by atoms with Gasteiger partial charge in [0.15, 0.2) is 0 Å². The molecule has 0 saturated carbocycles. The zero-order valence-electron chi connectivity index (χ0n) is 29.7. The van der Waals surface area contributed by atoms with Gasteiger partial charge in [-0.3, -0.25) is 0 Å². The number of para-hydroxylation sites is 1. The van der Waals surface area contributed by atoms with E-state index in [0.29, 0.717) is 5.92 Å². The van der Waals surface area contributed by atoms with Gasteiger partial charge in [0, 0.05) is 34.1 Å². The smallest absolute Gasteiger partial charge is 0.0629 e. The maximum atomic E-state index is 2.50. The second-order valence-electron chi connectivity index (χ2n) is 14.5. The van der Waals surface area contributed by atoms with Gasteiger partial charge in [-0.05, 0) is 109 Å². The molecular weight excluding hydrogens is 653 g/mol. The molecule has 2 atom stereocenters. The largest absolute Gasteiger partial charge is 0.333 e. The van der Waals surface area contributed by atoms with E-state index >= 15 is 0 Å². The molecule has 1 aliphatic heterocycles. The lowest BCUT2D eigenvalue weighted by Gasteiger charge is -2.31. The molecule has 2 unspecified atom stereocenters. The third kappa shape index (κ3) is 4.81. The van der Waals surface area contributed by atoms with E-state index in [4.69, 9.17) is 0 Å². The Kier molecular flexibility index (Phi) is 7.03. The summed E-state index contributed by atoms with van der Waals surface area (Å²) in [5.41, 5.74) is 9.67. The topological polar surface area (TPSA) is 6.48 Å². The lowest BCUT2D eigenvalue weighted by molar-refractivity contribution is 0.745. The molecule has 0 radical (unpaired) electrons. The van der Waals surface area contributed by atoms with Crippen LogP contribution in [0.5, 0.6) is 0 Å². The van der Waals surface area contributed by atoms with Gasteiger partial charge in [-0.2, -0.15) is 0 Å². The van der Waals surface area contributed by atoms with Crippen molar-refractivity contribution in [2.45, 2.75) is 12.0 Å². The molecule has 0 bridgehead atoms. The molecule has 9 aromatic carbocycles. The summed E-state index contributed by atoms with van der Waals surface area (Å²) in [6, 6.07) is 67.3. The average molecular weight is 689 g/mol. The third-order valence-electron chi connectivity index (χ3n) is 11.5. The zero-order valence-corrected chi connectivity index (χ0v) is 29.7. The standard InChI is InChI=1S/C52H36N2/c1-3-18-41-36(14-1)33-49(45-22-6-5-20-43(41)45)35-16-13-17-40(32-35)53(52-34-37-15-2-4-19-42(37)44-21-7-8-23-46(44)52)38-28-30-39(31-29-38)54-50-26-11-9-24-47(50)48-25-10-12-27-51(48)54/h1-34,47,50H. The third-order valence-corrected chi connectivity index (χ3v) is 11.5. The highest BCUT2D eigenvalue weighted by molar-refractivity contribution is 6.16. The van der Waals surface area contributed by atoms with Crippen molar-refractivity contribution in [1.29, 1.82) is 0 Å². The fraction of sp³-hybridized carbons (Fsp3) is 0.0385. The number of hydrogen-bond acceptors (Lipinski definition) is 2. The van der Waals surface area contributed by atoms with Crippen LogP contribution in [0.4, 0.5) is 28.4 Å². The minimum Gasteiger partial charge on any atom is -0.333 e. The Morgan fingerprint density at radius 3 is 1.81 bits per heavy atom. The molecule has 1 heterocycles. The minimum atomic E-state index is 0.257. The molecule has 0 spiro atoms. The molecule has 0 amide bonds. The van der Waals surface area contributed by atoms with Crippen molar-refractivity contribution in [3.63, 3.8) is 0 Å². The van der Waals surface area contributed by atoms with E-state index in [2.05, 4.69) is 216 Å². The van der Waals surface area contributed by atoms with Gasteiger partial charge in [-0.15, -0.1) is 0 Å². The number of hydrogen-bond donors (Lipinski definition) is 0. The first-order chi connectivity index (χ1) is 26.8. The van der Waals surface area contributed by atoms with Gasteiger partial charge in [0.2, 0.25) is 0 Å². The highest BCUT2D eigenvalue weighted by atomic mass is 15.2. The summed E-state index contributed by atoms with van der Waals surface area (Å²) in [6.07, 6.45) is 9.06. The molecule has 2 aliphatic rings. The molecule has 0 aromatic heterocycles. The van der Waals surface area contributed by atoms with Crippen LogP contribution in [-0.2, 0) is 0 Å². The number of benzene rings is 9. The van der Waals surface area contributed by atoms with Crippen molar-refractivity contribution >= 4 is 71.5 Å². The average Bonchev–Trinajstić information content (AvgIpc) is 3.58. The van der Waals surface area contributed by atoms with E-state index in [1.165, 1.54) is 71.2 Å². The molecule has 0 N–H and O–H groups in total. The summed E-state index contributed by atoms with van der Waals surface area (Å²) < 4.78 is 0. The number of allylic oxidation sites excluding steroid dienone is 2. The molecule has 11 rings (SSSR count). The van der Waals surface area contributed by atoms with Gasteiger partial charge in [0.05, 0.1) is 11.7 Å². The second kappa shape index (κ2) is 12.4. The van der Waals surface area contributed by atoms with Gasteiger partial charge >= 0.3 is 0 Å². The van der Waals surface area contributed by atoms with Gasteiger partial charge < -0.3 is 9.80 Å². The number of nitrogens with zero attached hydrogens (tertiary/aromatic N) is 2. The summed E-state index contributed by atoms with van der Waals surface area (Å²) in [4.78, 5) is 4.96. The van der Waals surface area contributed by atoms with Crippen LogP contribution in [0, 0.1) is 0 Å². The van der Waals surface area contributed by atoms with Crippen LogP contribution in [-0.4, -0.2) is 6.04 Å². The molecular formula is C52H36N2. The van der Waals surface area contributed by atoms with E-state index < -0.39 is 0 Å². The fourth-order valence-corrected chi connectivity index (χ4v) is 9.11. The summed E-state index contributed by atoms with van der Waals surface area (Å²) in [5, 5.41) is 10.0. The van der Waals surface area contributed by atoms with Crippen molar-refractivity contribution in [2.75, 3.05) is 9.80 Å². The van der Waals surface area contributed by atoms with Crippen LogP contribution in [0.2, 0.25) is 0 Å². The molecule has 0 fully saturated rings. The van der Waals surface area contributed by atoms with Crippen LogP contribution in [0.15, 0.2) is 206 Å². The van der Waals surface area contributed by atoms with E-state index in [0.717, 1.165) is 17.1 Å². The Morgan fingerprint density at radius 2 is 1.04 bits per heavy atom. The molecule has 54 heavy (non-hydrogen) atoms. The summed E-state index contributed by atoms with van der Waals surface area (Å²) >= 11 is 0. The first kappa shape index (κ1) is 30.7. The van der Waals surface area contributed by atoms with Crippen molar-refractivity contribution in [3.05, 3.63) is 212 Å². The molecule has 9 aromatic rings. The Hall–Kier alpha value is -6.90. The normalized spacial score (nSPS) is 16.0. The lowest BCUT2D eigenvalue weighted by Crippen LogP contribution is -2.28. The van der Waals surface area contributed by atoms with Crippen LogP contribution in [0.1, 0.15) is 11.5 Å². The fourth-order valence-electron chi connectivity index (χ4n) is 9.11. The molecule has 2 heteroatoms. The summed E-state index contributed by atoms with van der Waals surface area (Å²) in [7, 11) is 0. The second-order valence-corrected chi connectivity index (χ2v) is 14.5. The lowest BCUT2D eigenvalue weighted by atomic mass is 9.91. The van der Waals surface area contributed by atoms with Crippen molar-refractivity contribution < 1.29 is 0 Å². The Bertz CT molecular complexity index is 2970. The first-order valence-corrected chi connectivity index (χ1v) is 18.8. The van der Waals surface area contributed by atoms with E-state index in [-0.39, 0.29) is 6.04 Å². The highest BCUT2D eigenvalue weighted by Crippen LogP contribution is 2.49. The number of fused-ring (bicyclic) bond motifs is 9. The predicted octanol–water partition coefficient (Wildman–Crippen LogP) is 14.2. The monoisotopic (exact) mass is 688 g/mol. The minimum absolute atomic E-state index is 0.257. The van der Waals surface area contributed by atoms with Gasteiger partial charge in [0.1, 0.15) is 0 Å². The van der Waals surface area contributed by atoms with E-state index in [1.54, 1.807) is 0 Å². The van der Waals surface area contributed by atoms with E-state index in [1.807, 2.05) is 0 Å². The maximum absolute atomic E-state index is 2.50. The first-order valence-electron chi connectivity index (χ1n) is 18.8. The van der Waals surface area contributed by atoms with Crippen LogP contribution in [0.25, 0.3) is 54.2 Å². The van der Waals surface area contributed by atoms with Crippen molar-refractivity contribution in [2.24, 2.45) is 0 Å². The molecule has 254 valence electrons. The highest BCUT2D eigenvalue weighted by Gasteiger charge is 2.37.